The van der Waals surface area contributed by atoms with Crippen LogP contribution < -0.4 is 22.3 Å². The highest BCUT2D eigenvalue weighted by molar-refractivity contribution is 6.66. The minimum atomic E-state index is -4.70. The Morgan fingerprint density at radius 1 is 1.31 bits per heavy atom. The molecule has 0 bridgehead atoms. The number of amidine groups is 1. The molecule has 1 aromatic heterocycles. The Morgan fingerprint density at radius 2 is 1.87 bits per heavy atom. The van der Waals surface area contributed by atoms with Gasteiger partial charge in [-0.2, -0.15) is 22.7 Å². The van der Waals surface area contributed by atoms with Gasteiger partial charge in [-0.05, 0) is 39.3 Å². The Morgan fingerprint density at radius 3 is 2.24 bits per heavy atom. The Balaban J connectivity index is 0.000000791. The van der Waals surface area contributed by atoms with Crippen molar-refractivity contribution in [1.82, 2.24) is 25.4 Å². The molecule has 1 amide bonds. The van der Waals surface area contributed by atoms with Gasteiger partial charge in [0.2, 0.25) is 18.3 Å². The minimum absolute atomic E-state index is 0.0760. The average Bonchev–Trinajstić information content (AvgIpc) is 3.37. The monoisotopic (exact) mass is 666 g/mol. The molecule has 0 aromatic carbocycles. The molecule has 0 spiro atoms. The molecular formula is C24H38F8N10O3. The number of nitrogens with one attached hydrogen (secondary N) is 3. The molecule has 1 aromatic rings. The number of oxime groups is 1. The Bertz CT molecular complexity index is 1120. The van der Waals surface area contributed by atoms with E-state index in [9.17, 15) is 44.7 Å². The van der Waals surface area contributed by atoms with E-state index in [0.29, 0.717) is 11.0 Å². The zero-order valence-electron chi connectivity index (χ0n) is 24.7. The van der Waals surface area contributed by atoms with E-state index in [2.05, 4.69) is 26.0 Å². The molecule has 1 aliphatic rings. The lowest BCUT2D eigenvalue weighted by Crippen LogP contribution is -2.48. The van der Waals surface area contributed by atoms with Gasteiger partial charge in [0.15, 0.2) is 11.5 Å². The first-order valence-electron chi connectivity index (χ1n) is 13.3. The summed E-state index contributed by atoms with van der Waals surface area (Å²) < 4.78 is 102. The van der Waals surface area contributed by atoms with Gasteiger partial charge >= 0.3 is 6.18 Å². The molecule has 0 radical (unpaired) electrons. The lowest BCUT2D eigenvalue weighted by Gasteiger charge is -2.31. The third-order valence-corrected chi connectivity index (χ3v) is 6.04. The number of hydrazine groups is 1. The first-order chi connectivity index (χ1) is 20.9. The van der Waals surface area contributed by atoms with Crippen LogP contribution >= 0.6 is 0 Å². The summed E-state index contributed by atoms with van der Waals surface area (Å²) in [6.45, 7) is -0.0479. The Labute approximate surface area is 253 Å². The molecular weight excluding hydrogens is 628 g/mol. The number of rotatable bonds is 11. The van der Waals surface area contributed by atoms with Gasteiger partial charge < -0.3 is 31.9 Å². The normalized spacial score (nSPS) is 16.8. The molecule has 8 N–H and O–H groups in total. The molecule has 21 heteroatoms. The number of aromatic nitrogens is 2. The van der Waals surface area contributed by atoms with E-state index < -0.39 is 67.0 Å². The number of halogens is 8. The highest BCUT2D eigenvalue weighted by atomic mass is 19.4. The highest BCUT2D eigenvalue weighted by Gasteiger charge is 2.38. The zero-order valence-corrected chi connectivity index (χ0v) is 24.7. The fourth-order valence-electron chi connectivity index (χ4n) is 3.93. The summed E-state index contributed by atoms with van der Waals surface area (Å²) in [6.07, 6.45) is -7.31. The largest absolute Gasteiger partial charge is 0.410 e. The van der Waals surface area contributed by atoms with E-state index >= 15 is 0 Å². The number of amides is 1. The summed E-state index contributed by atoms with van der Waals surface area (Å²) in [6, 6.07) is -1.61. The third kappa shape index (κ3) is 15.1. The van der Waals surface area contributed by atoms with Gasteiger partial charge in [-0.1, -0.05) is 12.1 Å². The molecule has 45 heavy (non-hydrogen) atoms. The van der Waals surface area contributed by atoms with Gasteiger partial charge in [-0.25, -0.2) is 23.4 Å². The average molecular weight is 667 g/mol. The van der Waals surface area contributed by atoms with Crippen LogP contribution in [0.15, 0.2) is 22.5 Å². The molecule has 1 aliphatic carbocycles. The van der Waals surface area contributed by atoms with Crippen LogP contribution in [0.25, 0.3) is 0 Å². The Hall–Kier alpha value is -3.88. The van der Waals surface area contributed by atoms with Crippen molar-refractivity contribution in [3.8, 4) is 0 Å². The summed E-state index contributed by atoms with van der Waals surface area (Å²) in [4.78, 5) is 23.0. The van der Waals surface area contributed by atoms with Gasteiger partial charge in [0.1, 0.15) is 18.9 Å². The lowest BCUT2D eigenvalue weighted by atomic mass is 9.82. The standard InChI is InChI=1S/C13H19F2N3O3.C9H12F6N6.C2H7N/c1-2-9(16)11(18-21)12(20)17-10(7-19)8-3-5-13(14,15)6-4-8;10-6(11)3-5(21-2-1-7(12)19-21)8(18-16)20(17)4-9(13,14)15;1-3-2/h7-8,10,16,21H,2-6H2,1H3,(H,17,20);1-2,5-6H,3-4,16-17H2;3H,1-2H3/b16-9?,18-11+;18-8-;. The maximum Gasteiger partial charge on any atom is 0.407 e. The van der Waals surface area contributed by atoms with E-state index in [0.717, 1.165) is 12.3 Å². The number of carbonyl (C=O) groups is 2. The summed E-state index contributed by atoms with van der Waals surface area (Å²) in [5.74, 6) is 4.46. The van der Waals surface area contributed by atoms with Crippen molar-refractivity contribution in [2.45, 2.75) is 76.1 Å². The number of carbonyl (C=O) groups excluding carboxylic acids is 2. The number of alkyl halides is 7. The van der Waals surface area contributed by atoms with Crippen LogP contribution in [0.1, 0.15) is 51.5 Å². The van der Waals surface area contributed by atoms with Crippen molar-refractivity contribution < 1.29 is 49.9 Å². The van der Waals surface area contributed by atoms with Crippen LogP contribution in [-0.2, 0) is 9.59 Å². The van der Waals surface area contributed by atoms with E-state index in [4.69, 9.17) is 22.3 Å². The van der Waals surface area contributed by atoms with Gasteiger partial charge in [-0.15, -0.1) is 5.10 Å². The lowest BCUT2D eigenvalue weighted by molar-refractivity contribution is -0.138. The number of hydrazone groups is 1. The molecule has 0 aliphatic heterocycles. The fourth-order valence-corrected chi connectivity index (χ4v) is 3.93. The number of hydrogen-bond donors (Lipinski definition) is 6. The van der Waals surface area contributed by atoms with Gasteiger partial charge in [0, 0.05) is 31.5 Å². The van der Waals surface area contributed by atoms with Crippen LogP contribution in [0, 0.1) is 17.3 Å². The molecule has 1 heterocycles. The smallest absolute Gasteiger partial charge is 0.407 e. The molecule has 13 nitrogen and oxygen atoms in total. The van der Waals surface area contributed by atoms with E-state index in [1.54, 1.807) is 6.92 Å². The summed E-state index contributed by atoms with van der Waals surface area (Å²) in [5, 5.41) is 30.4. The van der Waals surface area contributed by atoms with Gasteiger partial charge in [0.05, 0.1) is 11.8 Å². The second-order valence-electron chi connectivity index (χ2n) is 9.60. The van der Waals surface area contributed by atoms with Crippen molar-refractivity contribution in [3.05, 3.63) is 18.2 Å². The number of nitrogens with two attached hydrogens (primary N) is 2. The first-order valence-corrected chi connectivity index (χ1v) is 13.3. The van der Waals surface area contributed by atoms with Gasteiger partial charge in [-0.3, -0.25) is 14.5 Å². The molecule has 2 rings (SSSR count). The maximum absolute atomic E-state index is 13.1. The fraction of sp³-hybridized carbons (Fsp3) is 0.667. The zero-order chi connectivity index (χ0) is 35.0. The molecule has 2 unspecified atom stereocenters. The summed E-state index contributed by atoms with van der Waals surface area (Å²) >= 11 is 0. The van der Waals surface area contributed by atoms with Crippen molar-refractivity contribution in [3.63, 3.8) is 0 Å². The molecule has 2 atom stereocenters. The first kappa shape index (κ1) is 41.1. The topological polar surface area (TPSA) is 200 Å². The van der Waals surface area contributed by atoms with Crippen molar-refractivity contribution in [2.24, 2.45) is 27.9 Å². The predicted octanol–water partition coefficient (Wildman–Crippen LogP) is 2.82. The molecule has 258 valence electrons. The second-order valence-corrected chi connectivity index (χ2v) is 9.60. The second kappa shape index (κ2) is 19.5. The molecule has 1 saturated carbocycles. The Kier molecular flexibility index (Phi) is 17.8. The minimum Gasteiger partial charge on any atom is -0.410 e. The van der Waals surface area contributed by atoms with Crippen LogP contribution in [0.4, 0.5) is 35.1 Å². The van der Waals surface area contributed by atoms with Crippen LogP contribution in [-0.4, -0.2) is 94.7 Å². The maximum atomic E-state index is 13.1. The SMILES string of the molecule is CCC(=N)/C(=N\O)C(=O)NC(C=O)C1CCC(F)(F)CC1.CNC.N/N=C(/C(CC(F)F)n1ccc(F)n1)N(N)CC(F)(F)F. The quantitative estimate of drug-likeness (QED) is 0.0394. The van der Waals surface area contributed by atoms with Crippen LogP contribution in [0.3, 0.4) is 0 Å². The number of aldehydes is 1. The van der Waals surface area contributed by atoms with E-state index in [1.807, 2.05) is 14.1 Å². The molecule has 1 fully saturated rings. The van der Waals surface area contributed by atoms with Crippen molar-refractivity contribution >= 4 is 29.5 Å². The van der Waals surface area contributed by atoms with E-state index in [1.165, 1.54) is 0 Å². The van der Waals surface area contributed by atoms with Crippen molar-refractivity contribution in [2.75, 3.05) is 20.6 Å². The van der Waals surface area contributed by atoms with Gasteiger partial charge in [0.25, 0.3) is 5.91 Å². The highest BCUT2D eigenvalue weighted by Crippen LogP contribution is 2.37. The molecule has 0 saturated heterocycles. The van der Waals surface area contributed by atoms with Crippen LogP contribution in [0.2, 0.25) is 0 Å². The van der Waals surface area contributed by atoms with Crippen molar-refractivity contribution in [1.29, 1.82) is 5.41 Å². The summed E-state index contributed by atoms with van der Waals surface area (Å²) in [7, 11) is 3.75. The summed E-state index contributed by atoms with van der Waals surface area (Å²) in [5.41, 5.74) is -0.639. The number of nitrogens with zero attached hydrogens (tertiary/aromatic N) is 5. The third-order valence-electron chi connectivity index (χ3n) is 6.04. The van der Waals surface area contributed by atoms with E-state index in [-0.39, 0.29) is 48.7 Å². The predicted molar refractivity (Wildman–Crippen MR) is 148 cm³/mol. The number of hydrogen-bond acceptors (Lipinski definition) is 10. The van der Waals surface area contributed by atoms with Crippen LogP contribution in [0.5, 0.6) is 0 Å².